The standard InChI is InChI=1S/C19H28O10/c1-6-7-8-9-24-19-18(28-14(5)23)17(27-13(4)22)16(26-12(3)21)15(29-19)10-25-11(2)20/h6,15-19H,1,7-10H2,2-5H3/t15?,16-,17+,18?,19+/m0/s1. The number of unbranched alkanes of at least 4 members (excludes halogenated alkanes) is 1. The average molecular weight is 416 g/mol. The lowest BCUT2D eigenvalue weighted by molar-refractivity contribution is -0.308. The fraction of sp³-hybridized carbons (Fsp3) is 0.684. The van der Waals surface area contributed by atoms with Gasteiger partial charge in [-0.2, -0.15) is 0 Å². The number of rotatable bonds is 10. The monoisotopic (exact) mass is 416 g/mol. The SMILES string of the molecule is C=CCCCO[C@@H]1OC(COC(C)=O)[C@H](OC(C)=O)[C@@H](OC(C)=O)C1OC(C)=O. The Labute approximate surface area is 169 Å². The second-order valence-electron chi connectivity index (χ2n) is 6.37. The molecule has 1 aliphatic heterocycles. The zero-order valence-corrected chi connectivity index (χ0v) is 17.1. The summed E-state index contributed by atoms with van der Waals surface area (Å²) < 4.78 is 32.3. The van der Waals surface area contributed by atoms with Crippen molar-refractivity contribution < 1.29 is 47.6 Å². The molecule has 0 aromatic carbocycles. The molecule has 0 saturated carbocycles. The van der Waals surface area contributed by atoms with E-state index in [2.05, 4.69) is 6.58 Å². The first-order valence-corrected chi connectivity index (χ1v) is 9.18. The average Bonchev–Trinajstić information content (AvgIpc) is 2.60. The van der Waals surface area contributed by atoms with Crippen LogP contribution in [0.3, 0.4) is 0 Å². The second kappa shape index (κ2) is 12.2. The van der Waals surface area contributed by atoms with E-state index >= 15 is 0 Å². The van der Waals surface area contributed by atoms with Gasteiger partial charge in [-0.15, -0.1) is 6.58 Å². The van der Waals surface area contributed by atoms with Crippen LogP contribution in [0, 0.1) is 0 Å². The van der Waals surface area contributed by atoms with E-state index in [1.165, 1.54) is 13.8 Å². The lowest BCUT2D eigenvalue weighted by Crippen LogP contribution is -2.63. The van der Waals surface area contributed by atoms with Crippen molar-refractivity contribution in [2.24, 2.45) is 0 Å². The molecule has 1 saturated heterocycles. The summed E-state index contributed by atoms with van der Waals surface area (Å²) >= 11 is 0. The molecule has 0 aromatic rings. The van der Waals surface area contributed by atoms with E-state index < -0.39 is 54.6 Å². The van der Waals surface area contributed by atoms with Crippen molar-refractivity contribution in [3.8, 4) is 0 Å². The van der Waals surface area contributed by atoms with Gasteiger partial charge in [-0.3, -0.25) is 19.2 Å². The molecule has 0 N–H and O–H groups in total. The number of hydrogen-bond donors (Lipinski definition) is 0. The highest BCUT2D eigenvalue weighted by molar-refractivity contribution is 5.68. The maximum absolute atomic E-state index is 11.7. The number of carbonyl (C=O) groups excluding carboxylic acids is 4. The Kier molecular flexibility index (Phi) is 10.3. The Hall–Kier alpha value is -2.46. The van der Waals surface area contributed by atoms with Gasteiger partial charge in [-0.05, 0) is 12.8 Å². The van der Waals surface area contributed by atoms with E-state index in [-0.39, 0.29) is 13.2 Å². The molecule has 164 valence electrons. The predicted octanol–water partition coefficient (Wildman–Crippen LogP) is 1.05. The van der Waals surface area contributed by atoms with Gasteiger partial charge in [0.15, 0.2) is 24.6 Å². The molecule has 2 unspecified atom stereocenters. The number of carbonyl (C=O) groups is 4. The first-order valence-electron chi connectivity index (χ1n) is 9.18. The van der Waals surface area contributed by atoms with E-state index in [1.54, 1.807) is 6.08 Å². The van der Waals surface area contributed by atoms with Gasteiger partial charge >= 0.3 is 23.9 Å². The molecule has 1 aliphatic rings. The fourth-order valence-electron chi connectivity index (χ4n) is 2.75. The van der Waals surface area contributed by atoms with Crippen molar-refractivity contribution >= 4 is 23.9 Å². The molecule has 0 aromatic heterocycles. The molecule has 5 atom stereocenters. The van der Waals surface area contributed by atoms with Crippen LogP contribution in [0.2, 0.25) is 0 Å². The van der Waals surface area contributed by atoms with Crippen molar-refractivity contribution in [2.45, 2.75) is 71.2 Å². The van der Waals surface area contributed by atoms with Gasteiger partial charge in [-0.25, -0.2) is 0 Å². The summed E-state index contributed by atoms with van der Waals surface area (Å²) in [7, 11) is 0. The highest BCUT2D eigenvalue weighted by Crippen LogP contribution is 2.30. The zero-order valence-electron chi connectivity index (χ0n) is 17.1. The first-order chi connectivity index (χ1) is 13.6. The molecule has 0 aliphatic carbocycles. The van der Waals surface area contributed by atoms with Crippen molar-refractivity contribution in [3.05, 3.63) is 12.7 Å². The quantitative estimate of drug-likeness (QED) is 0.221. The number of allylic oxidation sites excluding steroid dienone is 1. The van der Waals surface area contributed by atoms with E-state index in [0.717, 1.165) is 13.8 Å². The normalized spacial score (nSPS) is 26.1. The van der Waals surface area contributed by atoms with Gasteiger partial charge in [0.2, 0.25) is 0 Å². The van der Waals surface area contributed by atoms with Gasteiger partial charge in [0.25, 0.3) is 0 Å². The van der Waals surface area contributed by atoms with Gasteiger partial charge in [0.05, 0.1) is 6.61 Å². The molecule has 1 fully saturated rings. The van der Waals surface area contributed by atoms with Crippen molar-refractivity contribution in [3.63, 3.8) is 0 Å². The van der Waals surface area contributed by atoms with Gasteiger partial charge in [-0.1, -0.05) is 6.08 Å². The molecule has 0 radical (unpaired) electrons. The number of hydrogen-bond acceptors (Lipinski definition) is 10. The Morgan fingerprint density at radius 3 is 1.93 bits per heavy atom. The topological polar surface area (TPSA) is 124 Å². The summed E-state index contributed by atoms with van der Waals surface area (Å²) in [5, 5.41) is 0. The highest BCUT2D eigenvalue weighted by atomic mass is 16.7. The summed E-state index contributed by atoms with van der Waals surface area (Å²) in [5.41, 5.74) is 0. The van der Waals surface area contributed by atoms with Crippen LogP contribution < -0.4 is 0 Å². The minimum atomic E-state index is -1.22. The molecular weight excluding hydrogens is 388 g/mol. The van der Waals surface area contributed by atoms with Gasteiger partial charge in [0.1, 0.15) is 12.7 Å². The van der Waals surface area contributed by atoms with Crippen molar-refractivity contribution in [2.75, 3.05) is 13.2 Å². The smallest absolute Gasteiger partial charge is 0.303 e. The van der Waals surface area contributed by atoms with E-state index in [0.29, 0.717) is 12.8 Å². The summed E-state index contributed by atoms with van der Waals surface area (Å²) in [6.07, 6.45) is -2.73. The van der Waals surface area contributed by atoms with Crippen LogP contribution in [0.5, 0.6) is 0 Å². The van der Waals surface area contributed by atoms with Crippen LogP contribution in [-0.2, 0) is 47.6 Å². The Bertz CT molecular complexity index is 602. The third kappa shape index (κ3) is 8.61. The maximum Gasteiger partial charge on any atom is 0.303 e. The minimum Gasteiger partial charge on any atom is -0.463 e. The molecule has 29 heavy (non-hydrogen) atoms. The molecule has 0 amide bonds. The van der Waals surface area contributed by atoms with Crippen LogP contribution in [-0.4, -0.2) is 67.8 Å². The highest BCUT2D eigenvalue weighted by Gasteiger charge is 2.52. The van der Waals surface area contributed by atoms with Gasteiger partial charge in [0, 0.05) is 27.7 Å². The maximum atomic E-state index is 11.7. The third-order valence-electron chi connectivity index (χ3n) is 3.78. The lowest BCUT2D eigenvalue weighted by Gasteiger charge is -2.44. The van der Waals surface area contributed by atoms with Crippen LogP contribution in [0.15, 0.2) is 12.7 Å². The summed E-state index contributed by atoms with van der Waals surface area (Å²) in [4.78, 5) is 46.1. The Balaban J connectivity index is 3.19. The van der Waals surface area contributed by atoms with Crippen molar-refractivity contribution in [1.82, 2.24) is 0 Å². The van der Waals surface area contributed by atoms with Gasteiger partial charge < -0.3 is 28.4 Å². The number of esters is 4. The Morgan fingerprint density at radius 1 is 0.862 bits per heavy atom. The summed E-state index contributed by atoms with van der Waals surface area (Å²) in [6, 6.07) is 0. The zero-order chi connectivity index (χ0) is 22.0. The molecule has 0 bridgehead atoms. The van der Waals surface area contributed by atoms with Crippen LogP contribution >= 0.6 is 0 Å². The van der Waals surface area contributed by atoms with E-state index in [1.807, 2.05) is 0 Å². The largest absolute Gasteiger partial charge is 0.463 e. The second-order valence-corrected chi connectivity index (χ2v) is 6.37. The van der Waals surface area contributed by atoms with Crippen LogP contribution in [0.1, 0.15) is 40.5 Å². The minimum absolute atomic E-state index is 0.236. The molecule has 1 heterocycles. The predicted molar refractivity (Wildman–Crippen MR) is 97.3 cm³/mol. The third-order valence-corrected chi connectivity index (χ3v) is 3.78. The van der Waals surface area contributed by atoms with E-state index in [9.17, 15) is 19.2 Å². The van der Waals surface area contributed by atoms with Crippen LogP contribution in [0.25, 0.3) is 0 Å². The first kappa shape index (κ1) is 24.6. The number of ether oxygens (including phenoxy) is 6. The lowest BCUT2D eigenvalue weighted by atomic mass is 9.98. The molecule has 10 heteroatoms. The van der Waals surface area contributed by atoms with Crippen LogP contribution in [0.4, 0.5) is 0 Å². The molecule has 10 nitrogen and oxygen atoms in total. The van der Waals surface area contributed by atoms with Crippen molar-refractivity contribution in [1.29, 1.82) is 0 Å². The Morgan fingerprint density at radius 2 is 1.41 bits per heavy atom. The summed E-state index contributed by atoms with van der Waals surface area (Å²) in [6.45, 7) is 8.27. The van der Waals surface area contributed by atoms with E-state index in [4.69, 9.17) is 28.4 Å². The summed E-state index contributed by atoms with van der Waals surface area (Å²) in [5.74, 6) is -2.63. The molecule has 0 spiro atoms. The molecule has 1 rings (SSSR count). The fourth-order valence-corrected chi connectivity index (χ4v) is 2.75. The molecular formula is C19H28O10.